The van der Waals surface area contributed by atoms with Gasteiger partial charge in [0.2, 0.25) is 6.08 Å². The van der Waals surface area contributed by atoms with Crippen LogP contribution in [-0.4, -0.2) is 18.9 Å². The fraction of sp³-hybridized carbons (Fsp3) is 0.200. The van der Waals surface area contributed by atoms with Crippen molar-refractivity contribution in [3.63, 3.8) is 0 Å². The van der Waals surface area contributed by atoms with Crippen molar-refractivity contribution in [1.29, 1.82) is 5.26 Å². The third kappa shape index (κ3) is 3.97. The molecule has 17 heavy (non-hydrogen) atoms. The van der Waals surface area contributed by atoms with E-state index in [0.29, 0.717) is 0 Å². The standard InChI is InChI=1S/C10H5F3N2O2/c11-10(12,13)5-17-9-2-1-8(15-6-16)3-7(9)4-14/h1-3H,5H2. The molecule has 0 radical (unpaired) electrons. The summed E-state index contributed by atoms with van der Waals surface area (Å²) in [5.74, 6) is -0.213. The van der Waals surface area contributed by atoms with E-state index in [9.17, 15) is 18.0 Å². The van der Waals surface area contributed by atoms with Crippen LogP contribution in [0.5, 0.6) is 5.75 Å². The van der Waals surface area contributed by atoms with Gasteiger partial charge in [-0.3, -0.25) is 0 Å². The molecular formula is C10H5F3N2O2. The van der Waals surface area contributed by atoms with Crippen molar-refractivity contribution in [2.75, 3.05) is 6.61 Å². The summed E-state index contributed by atoms with van der Waals surface area (Å²) in [5.41, 5.74) is -0.0124. The highest BCUT2D eigenvalue weighted by molar-refractivity contribution is 5.56. The van der Waals surface area contributed by atoms with E-state index >= 15 is 0 Å². The Morgan fingerprint density at radius 1 is 1.41 bits per heavy atom. The van der Waals surface area contributed by atoms with E-state index in [4.69, 9.17) is 5.26 Å². The summed E-state index contributed by atoms with van der Waals surface area (Å²) < 4.78 is 40.1. The van der Waals surface area contributed by atoms with Gasteiger partial charge in [-0.15, -0.1) is 0 Å². The van der Waals surface area contributed by atoms with Crippen LogP contribution in [0, 0.1) is 11.3 Å². The van der Waals surface area contributed by atoms with E-state index in [1.165, 1.54) is 12.1 Å². The van der Waals surface area contributed by atoms with E-state index < -0.39 is 12.8 Å². The summed E-state index contributed by atoms with van der Waals surface area (Å²) in [5, 5.41) is 8.69. The summed E-state index contributed by atoms with van der Waals surface area (Å²) in [6.07, 6.45) is -3.22. The molecule has 88 valence electrons. The molecular weight excluding hydrogens is 237 g/mol. The van der Waals surface area contributed by atoms with E-state index in [2.05, 4.69) is 9.73 Å². The zero-order valence-corrected chi connectivity index (χ0v) is 8.28. The van der Waals surface area contributed by atoms with Crippen molar-refractivity contribution in [2.45, 2.75) is 6.18 Å². The molecule has 0 fully saturated rings. The predicted molar refractivity (Wildman–Crippen MR) is 50.5 cm³/mol. The Hall–Kier alpha value is -2.32. The first-order chi connectivity index (χ1) is 7.96. The zero-order valence-electron chi connectivity index (χ0n) is 8.28. The van der Waals surface area contributed by atoms with Gasteiger partial charge >= 0.3 is 6.18 Å². The normalized spacial score (nSPS) is 10.2. The molecule has 0 amide bonds. The summed E-state index contributed by atoms with van der Waals surface area (Å²) in [6.45, 7) is -1.49. The SMILES string of the molecule is N#Cc1cc(N=C=O)ccc1OCC(F)(F)F. The maximum atomic E-state index is 11.9. The average Bonchev–Trinajstić information content (AvgIpc) is 2.26. The summed E-state index contributed by atoms with van der Waals surface area (Å²) in [7, 11) is 0. The van der Waals surface area contributed by atoms with Crippen LogP contribution in [0.15, 0.2) is 23.2 Å². The number of rotatable bonds is 3. The minimum atomic E-state index is -4.48. The van der Waals surface area contributed by atoms with Gasteiger partial charge in [-0.05, 0) is 18.2 Å². The number of nitrogens with zero attached hydrogens (tertiary/aromatic N) is 2. The number of isocyanates is 1. The van der Waals surface area contributed by atoms with E-state index in [0.717, 1.165) is 12.1 Å². The smallest absolute Gasteiger partial charge is 0.422 e. The Balaban J connectivity index is 2.94. The molecule has 0 aromatic heterocycles. The number of nitriles is 1. The van der Waals surface area contributed by atoms with Crippen molar-refractivity contribution in [2.24, 2.45) is 4.99 Å². The number of halogens is 3. The van der Waals surface area contributed by atoms with Crippen molar-refractivity contribution in [1.82, 2.24) is 0 Å². The van der Waals surface area contributed by atoms with Crippen molar-refractivity contribution < 1.29 is 22.7 Å². The molecule has 0 atom stereocenters. The highest BCUT2D eigenvalue weighted by atomic mass is 19.4. The third-order valence-corrected chi connectivity index (χ3v) is 1.65. The van der Waals surface area contributed by atoms with Crippen LogP contribution in [0.3, 0.4) is 0 Å². The lowest BCUT2D eigenvalue weighted by Crippen LogP contribution is -2.19. The van der Waals surface area contributed by atoms with Crippen molar-refractivity contribution in [3.05, 3.63) is 23.8 Å². The molecule has 0 unspecified atom stereocenters. The fourth-order valence-electron chi connectivity index (χ4n) is 1.01. The molecule has 1 aromatic rings. The molecule has 0 N–H and O–H groups in total. The first kappa shape index (κ1) is 12.7. The molecule has 0 spiro atoms. The van der Waals surface area contributed by atoms with Crippen molar-refractivity contribution >= 4 is 11.8 Å². The summed E-state index contributed by atoms with van der Waals surface area (Å²) in [6, 6.07) is 5.17. The molecule has 4 nitrogen and oxygen atoms in total. The zero-order chi connectivity index (χ0) is 12.9. The highest BCUT2D eigenvalue weighted by Gasteiger charge is 2.28. The number of hydrogen-bond acceptors (Lipinski definition) is 4. The Kier molecular flexibility index (Phi) is 3.86. The van der Waals surface area contributed by atoms with Gasteiger partial charge in [0.15, 0.2) is 6.61 Å². The third-order valence-electron chi connectivity index (χ3n) is 1.65. The number of benzene rings is 1. The summed E-state index contributed by atoms with van der Waals surface area (Å²) >= 11 is 0. The van der Waals surface area contributed by atoms with E-state index in [1.807, 2.05) is 0 Å². The number of alkyl halides is 3. The van der Waals surface area contributed by atoms with Crippen LogP contribution in [0.25, 0.3) is 0 Å². The first-order valence-corrected chi connectivity index (χ1v) is 4.28. The van der Waals surface area contributed by atoms with Crippen LogP contribution < -0.4 is 4.74 Å². The quantitative estimate of drug-likeness (QED) is 0.604. The minimum absolute atomic E-state index is 0.121. The number of aliphatic imine (C=N–C) groups is 1. The lowest BCUT2D eigenvalue weighted by Gasteiger charge is -2.10. The average molecular weight is 242 g/mol. The minimum Gasteiger partial charge on any atom is -0.483 e. The molecule has 7 heteroatoms. The van der Waals surface area contributed by atoms with Crippen molar-refractivity contribution in [3.8, 4) is 11.8 Å². The Bertz CT molecular complexity index is 499. The van der Waals surface area contributed by atoms with Gasteiger partial charge in [0.05, 0.1) is 11.3 Å². The van der Waals surface area contributed by atoms with Gasteiger partial charge < -0.3 is 4.74 Å². The predicted octanol–water partition coefficient (Wildman–Crippen LogP) is 2.47. The van der Waals surface area contributed by atoms with E-state index in [1.54, 1.807) is 6.07 Å². The molecule has 0 saturated heterocycles. The van der Waals surface area contributed by atoms with Gasteiger partial charge in [0.25, 0.3) is 0 Å². The second-order valence-corrected chi connectivity index (χ2v) is 2.90. The molecule has 0 aliphatic heterocycles. The monoisotopic (exact) mass is 242 g/mol. The van der Waals surface area contributed by atoms with Crippen LogP contribution in [0.2, 0.25) is 0 Å². The van der Waals surface area contributed by atoms with Gasteiger partial charge in [-0.1, -0.05) is 0 Å². The highest BCUT2D eigenvalue weighted by Crippen LogP contribution is 2.25. The fourth-order valence-corrected chi connectivity index (χ4v) is 1.01. The maximum absolute atomic E-state index is 11.9. The molecule has 0 aliphatic rings. The maximum Gasteiger partial charge on any atom is 0.422 e. The largest absolute Gasteiger partial charge is 0.483 e. The Labute approximate surface area is 94.0 Å². The lowest BCUT2D eigenvalue weighted by molar-refractivity contribution is -0.153. The second kappa shape index (κ2) is 5.14. The molecule has 1 aromatic carbocycles. The Morgan fingerprint density at radius 3 is 2.65 bits per heavy atom. The molecule has 0 aliphatic carbocycles. The molecule has 0 heterocycles. The number of hydrogen-bond donors (Lipinski definition) is 0. The molecule has 0 saturated carbocycles. The van der Waals surface area contributed by atoms with Crippen LogP contribution in [0.1, 0.15) is 5.56 Å². The van der Waals surface area contributed by atoms with Gasteiger partial charge in [0.1, 0.15) is 11.8 Å². The Morgan fingerprint density at radius 2 is 2.12 bits per heavy atom. The first-order valence-electron chi connectivity index (χ1n) is 4.28. The van der Waals surface area contributed by atoms with Crippen LogP contribution >= 0.6 is 0 Å². The van der Waals surface area contributed by atoms with Crippen LogP contribution in [-0.2, 0) is 4.79 Å². The number of carbonyl (C=O) groups excluding carboxylic acids is 1. The van der Waals surface area contributed by atoms with Gasteiger partial charge in [0, 0.05) is 0 Å². The molecule has 1 rings (SSSR count). The second-order valence-electron chi connectivity index (χ2n) is 2.90. The van der Waals surface area contributed by atoms with E-state index in [-0.39, 0.29) is 17.0 Å². The molecule has 0 bridgehead atoms. The van der Waals surface area contributed by atoms with Gasteiger partial charge in [-0.25, -0.2) is 4.79 Å². The lowest BCUT2D eigenvalue weighted by atomic mass is 10.2. The number of ether oxygens (including phenoxy) is 1. The van der Waals surface area contributed by atoms with Gasteiger partial charge in [-0.2, -0.15) is 23.4 Å². The summed E-state index contributed by atoms with van der Waals surface area (Å²) in [4.78, 5) is 13.2. The topological polar surface area (TPSA) is 62.5 Å². The van der Waals surface area contributed by atoms with Crippen LogP contribution in [0.4, 0.5) is 18.9 Å².